The third-order valence-electron chi connectivity index (χ3n) is 3.01. The summed E-state index contributed by atoms with van der Waals surface area (Å²) in [5.41, 5.74) is 5.05. The van der Waals surface area contributed by atoms with Crippen LogP contribution in [0.2, 0.25) is 0 Å². The Bertz CT molecular complexity index is 453. The molecule has 2 N–H and O–H groups in total. The van der Waals surface area contributed by atoms with Crippen molar-refractivity contribution in [2.75, 3.05) is 31.1 Å². The van der Waals surface area contributed by atoms with Crippen LogP contribution >= 0.6 is 15.9 Å². The number of benzene rings is 1. The molecule has 1 atom stereocenters. The van der Waals surface area contributed by atoms with Crippen LogP contribution in [0.1, 0.15) is 5.56 Å². The second-order valence-corrected chi connectivity index (χ2v) is 5.25. The van der Waals surface area contributed by atoms with Crippen molar-refractivity contribution >= 4 is 21.6 Å². The topological polar surface area (TPSA) is 38.5 Å². The Morgan fingerprint density at radius 2 is 2.16 bits per heavy atom. The first-order chi connectivity index (χ1) is 8.91. The lowest BCUT2D eigenvalue weighted by atomic mass is 10.1. The van der Waals surface area contributed by atoms with Crippen molar-refractivity contribution < 1.29 is 17.9 Å². The van der Waals surface area contributed by atoms with E-state index in [-0.39, 0.29) is 11.8 Å². The quantitative estimate of drug-likeness (QED) is 0.900. The molecule has 2 rings (SSSR count). The normalized spacial score (nSPS) is 20.7. The van der Waals surface area contributed by atoms with E-state index in [1.165, 1.54) is 12.1 Å². The molecule has 19 heavy (non-hydrogen) atoms. The number of hydrogen-bond donors (Lipinski definition) is 1. The summed E-state index contributed by atoms with van der Waals surface area (Å²) < 4.78 is 45.0. The predicted octanol–water partition coefficient (Wildman–Crippen LogP) is 2.63. The number of ether oxygens (including phenoxy) is 1. The molecule has 1 aromatic rings. The first kappa shape index (κ1) is 14.6. The molecule has 1 aliphatic rings. The molecule has 0 bridgehead atoms. The van der Waals surface area contributed by atoms with Crippen LogP contribution in [-0.2, 0) is 10.9 Å². The third kappa shape index (κ3) is 3.40. The number of rotatable bonds is 2. The van der Waals surface area contributed by atoms with E-state index in [0.29, 0.717) is 30.7 Å². The highest BCUT2D eigenvalue weighted by molar-refractivity contribution is 9.10. The maximum Gasteiger partial charge on any atom is 0.418 e. The highest BCUT2D eigenvalue weighted by Gasteiger charge is 2.35. The average molecular weight is 339 g/mol. The fourth-order valence-corrected chi connectivity index (χ4v) is 2.44. The zero-order chi connectivity index (χ0) is 14.0. The Morgan fingerprint density at radius 3 is 2.79 bits per heavy atom. The Hall–Kier alpha value is -0.790. The Morgan fingerprint density at radius 1 is 1.42 bits per heavy atom. The van der Waals surface area contributed by atoms with E-state index in [1.54, 1.807) is 4.90 Å². The van der Waals surface area contributed by atoms with Gasteiger partial charge < -0.3 is 15.4 Å². The van der Waals surface area contributed by atoms with Crippen LogP contribution in [0.5, 0.6) is 0 Å². The average Bonchev–Trinajstić information content (AvgIpc) is 2.37. The summed E-state index contributed by atoms with van der Waals surface area (Å²) in [6.45, 7) is 1.48. The van der Waals surface area contributed by atoms with Crippen molar-refractivity contribution in [1.82, 2.24) is 0 Å². The summed E-state index contributed by atoms with van der Waals surface area (Å²) in [6.07, 6.45) is -4.60. The standard InChI is InChI=1S/C12H14BrF3N2O/c13-8-1-2-10(12(14,15)16)11(5-8)18-3-4-19-9(6-17)7-18/h1-2,5,9H,3-4,6-7,17H2. The van der Waals surface area contributed by atoms with Crippen molar-refractivity contribution in [2.24, 2.45) is 5.73 Å². The van der Waals surface area contributed by atoms with Crippen molar-refractivity contribution in [3.8, 4) is 0 Å². The van der Waals surface area contributed by atoms with Crippen LogP contribution in [0.3, 0.4) is 0 Å². The van der Waals surface area contributed by atoms with Gasteiger partial charge in [-0.2, -0.15) is 13.2 Å². The monoisotopic (exact) mass is 338 g/mol. The molecule has 1 aromatic carbocycles. The van der Waals surface area contributed by atoms with Crippen LogP contribution in [0.15, 0.2) is 22.7 Å². The van der Waals surface area contributed by atoms with Gasteiger partial charge in [0.2, 0.25) is 0 Å². The van der Waals surface area contributed by atoms with E-state index >= 15 is 0 Å². The van der Waals surface area contributed by atoms with Crippen molar-refractivity contribution in [3.05, 3.63) is 28.2 Å². The van der Waals surface area contributed by atoms with Crippen LogP contribution in [0, 0.1) is 0 Å². The van der Waals surface area contributed by atoms with Crippen LogP contribution < -0.4 is 10.6 Å². The van der Waals surface area contributed by atoms with Gasteiger partial charge in [0.1, 0.15) is 0 Å². The van der Waals surface area contributed by atoms with Gasteiger partial charge in [0.05, 0.1) is 24.0 Å². The minimum absolute atomic E-state index is 0.170. The lowest BCUT2D eigenvalue weighted by molar-refractivity contribution is -0.137. The van der Waals surface area contributed by atoms with Crippen molar-refractivity contribution in [1.29, 1.82) is 0 Å². The molecule has 0 radical (unpaired) electrons. The van der Waals surface area contributed by atoms with Gasteiger partial charge in [-0.1, -0.05) is 15.9 Å². The van der Waals surface area contributed by atoms with E-state index < -0.39 is 11.7 Å². The smallest absolute Gasteiger partial charge is 0.373 e. The minimum Gasteiger partial charge on any atom is -0.373 e. The minimum atomic E-state index is -4.37. The molecular weight excluding hydrogens is 325 g/mol. The number of halogens is 4. The van der Waals surface area contributed by atoms with Crippen LogP contribution in [0.25, 0.3) is 0 Å². The van der Waals surface area contributed by atoms with Crippen molar-refractivity contribution in [2.45, 2.75) is 12.3 Å². The summed E-state index contributed by atoms with van der Waals surface area (Å²) in [7, 11) is 0. The number of alkyl halides is 3. The summed E-state index contributed by atoms with van der Waals surface area (Å²) in [5.74, 6) is 0. The Balaban J connectivity index is 2.34. The molecule has 0 spiro atoms. The summed E-state index contributed by atoms with van der Waals surface area (Å²) in [5, 5.41) is 0. The van der Waals surface area contributed by atoms with Gasteiger partial charge in [-0.05, 0) is 18.2 Å². The second-order valence-electron chi connectivity index (χ2n) is 4.33. The SMILES string of the molecule is NCC1CN(c2cc(Br)ccc2C(F)(F)F)CCO1. The zero-order valence-corrected chi connectivity index (χ0v) is 11.7. The van der Waals surface area contributed by atoms with E-state index in [9.17, 15) is 13.2 Å². The first-order valence-electron chi connectivity index (χ1n) is 5.85. The maximum absolute atomic E-state index is 13.0. The van der Waals surface area contributed by atoms with Crippen LogP contribution in [-0.4, -0.2) is 32.3 Å². The lowest BCUT2D eigenvalue weighted by Crippen LogP contribution is -2.46. The molecule has 1 heterocycles. The molecule has 1 fully saturated rings. The molecule has 0 aromatic heterocycles. The number of hydrogen-bond acceptors (Lipinski definition) is 3. The molecule has 0 aliphatic carbocycles. The van der Waals surface area contributed by atoms with E-state index in [1.807, 2.05) is 0 Å². The van der Waals surface area contributed by atoms with Gasteiger partial charge in [0, 0.05) is 24.1 Å². The summed E-state index contributed by atoms with van der Waals surface area (Å²) in [6, 6.07) is 3.97. The van der Waals surface area contributed by atoms with Crippen molar-refractivity contribution in [3.63, 3.8) is 0 Å². The van der Waals surface area contributed by atoms with Gasteiger partial charge >= 0.3 is 6.18 Å². The fourth-order valence-electron chi connectivity index (χ4n) is 2.09. The zero-order valence-electron chi connectivity index (χ0n) is 10.1. The molecule has 1 aliphatic heterocycles. The molecule has 3 nitrogen and oxygen atoms in total. The van der Waals surface area contributed by atoms with E-state index in [4.69, 9.17) is 10.5 Å². The van der Waals surface area contributed by atoms with E-state index in [0.717, 1.165) is 6.07 Å². The van der Waals surface area contributed by atoms with Crippen LogP contribution in [0.4, 0.5) is 18.9 Å². The summed E-state index contributed by atoms with van der Waals surface area (Å²) in [4.78, 5) is 1.68. The predicted molar refractivity (Wildman–Crippen MR) is 70.2 cm³/mol. The molecular formula is C12H14BrF3N2O. The van der Waals surface area contributed by atoms with E-state index in [2.05, 4.69) is 15.9 Å². The largest absolute Gasteiger partial charge is 0.418 e. The molecule has 0 saturated carbocycles. The maximum atomic E-state index is 13.0. The Kier molecular flexibility index (Phi) is 4.37. The number of nitrogens with zero attached hydrogens (tertiary/aromatic N) is 1. The molecule has 7 heteroatoms. The highest BCUT2D eigenvalue weighted by Crippen LogP contribution is 2.38. The number of nitrogens with two attached hydrogens (primary N) is 1. The van der Waals surface area contributed by atoms with Gasteiger partial charge in [-0.25, -0.2) is 0 Å². The second kappa shape index (κ2) is 5.68. The van der Waals surface area contributed by atoms with Gasteiger partial charge in [0.15, 0.2) is 0 Å². The van der Waals surface area contributed by atoms with Gasteiger partial charge in [0.25, 0.3) is 0 Å². The molecule has 1 unspecified atom stereocenters. The number of morpholine rings is 1. The third-order valence-corrected chi connectivity index (χ3v) is 3.50. The summed E-state index contributed by atoms with van der Waals surface area (Å²) >= 11 is 3.21. The number of anilines is 1. The lowest BCUT2D eigenvalue weighted by Gasteiger charge is -2.35. The van der Waals surface area contributed by atoms with Gasteiger partial charge in [-0.3, -0.25) is 0 Å². The Labute approximate surface area is 117 Å². The molecule has 1 saturated heterocycles. The fraction of sp³-hybridized carbons (Fsp3) is 0.500. The molecule has 106 valence electrons. The first-order valence-corrected chi connectivity index (χ1v) is 6.64. The van der Waals surface area contributed by atoms with Gasteiger partial charge in [-0.15, -0.1) is 0 Å². The molecule has 0 amide bonds. The highest BCUT2D eigenvalue weighted by atomic mass is 79.9.